The van der Waals surface area contributed by atoms with Crippen LogP contribution >= 0.6 is 21.6 Å². The molecular weight excluding hydrogens is 939 g/mol. The Bertz CT molecular complexity index is 1800. The average Bonchev–Trinajstić information content (AvgIpc) is 3.78. The van der Waals surface area contributed by atoms with Gasteiger partial charge in [-0.15, -0.1) is 0 Å². The molecule has 20 N–H and O–H groups in total. The van der Waals surface area contributed by atoms with E-state index in [9.17, 15) is 68.1 Å². The molecule has 0 aromatic rings. The van der Waals surface area contributed by atoms with E-state index in [0.717, 1.165) is 33.4 Å². The van der Waals surface area contributed by atoms with Crippen LogP contribution in [0.1, 0.15) is 77.6 Å². The molecule has 10 amide bonds. The highest BCUT2D eigenvalue weighted by Crippen LogP contribution is 2.23. The van der Waals surface area contributed by atoms with Crippen molar-refractivity contribution in [2.75, 3.05) is 37.7 Å². The number of rotatable bonds is 16. The van der Waals surface area contributed by atoms with Crippen molar-refractivity contribution in [3.8, 4) is 0 Å². The summed E-state index contributed by atoms with van der Waals surface area (Å²) >= 11 is 0. The molecule has 2 heterocycles. The molecule has 0 spiro atoms. The Labute approximate surface area is 400 Å². The molecule has 68 heavy (non-hydrogen) atoms. The van der Waals surface area contributed by atoms with Crippen LogP contribution in [0.5, 0.6) is 0 Å². The molecule has 2 aliphatic rings. The van der Waals surface area contributed by atoms with Crippen LogP contribution in [0.3, 0.4) is 0 Å². The number of nitrogens with two attached hydrogens (primary N) is 5. The maximum absolute atomic E-state index is 13.9. The van der Waals surface area contributed by atoms with Crippen molar-refractivity contribution in [1.29, 1.82) is 0 Å². The molecule has 2 aliphatic heterocycles. The number of carbonyl (C=O) groups excluding carboxylic acids is 10. The molecule has 27 nitrogen and oxygen atoms in total. The van der Waals surface area contributed by atoms with Gasteiger partial charge in [-0.1, -0.05) is 21.6 Å². The van der Waals surface area contributed by atoms with Crippen molar-refractivity contribution in [2.45, 2.75) is 138 Å². The minimum Gasteiger partial charge on any atom is -0.480 e. The summed E-state index contributed by atoms with van der Waals surface area (Å²) in [7, 11) is 1.86. The maximum atomic E-state index is 13.9. The van der Waals surface area contributed by atoms with E-state index in [-0.39, 0.29) is 56.8 Å². The fourth-order valence-corrected chi connectivity index (χ4v) is 9.23. The number of carboxylic acid groups (broad SMARTS) is 1. The van der Waals surface area contributed by atoms with Crippen LogP contribution in [0, 0.1) is 0 Å². The summed E-state index contributed by atoms with van der Waals surface area (Å²) in [5.74, 6) is -11.8. The third-order valence-electron chi connectivity index (χ3n) is 10.7. The Morgan fingerprint density at radius 2 is 1.16 bits per heavy atom. The van der Waals surface area contributed by atoms with E-state index in [1.807, 2.05) is 0 Å². The monoisotopic (exact) mass is 1010 g/mol. The lowest BCUT2D eigenvalue weighted by Crippen LogP contribution is -2.62. The van der Waals surface area contributed by atoms with E-state index in [2.05, 4.69) is 37.2 Å². The van der Waals surface area contributed by atoms with Crippen molar-refractivity contribution < 1.29 is 68.1 Å². The van der Waals surface area contributed by atoms with Crippen molar-refractivity contribution in [3.63, 3.8) is 0 Å². The van der Waals surface area contributed by atoms with E-state index in [1.54, 1.807) is 0 Å². The van der Waals surface area contributed by atoms with Gasteiger partial charge >= 0.3 is 5.97 Å². The smallest absolute Gasteiger partial charge is 0.327 e. The molecule has 10 atom stereocenters. The van der Waals surface area contributed by atoms with Gasteiger partial charge < -0.3 is 86.1 Å². The first-order valence-corrected chi connectivity index (χ1v) is 24.6. The summed E-state index contributed by atoms with van der Waals surface area (Å²) in [6.45, 7) is 0.476. The quantitative estimate of drug-likeness (QED) is 0.0505. The van der Waals surface area contributed by atoms with Gasteiger partial charge in [0.15, 0.2) is 0 Å². The van der Waals surface area contributed by atoms with Gasteiger partial charge in [0.2, 0.25) is 59.1 Å². The minimum atomic E-state index is -1.79. The van der Waals surface area contributed by atoms with Gasteiger partial charge in [-0.2, -0.15) is 0 Å². The topological polar surface area (TPSA) is 466 Å². The number of nitrogens with one attached hydrogen (secondary N) is 7. The molecule has 0 aromatic carbocycles. The van der Waals surface area contributed by atoms with Crippen LogP contribution < -0.4 is 65.9 Å². The van der Waals surface area contributed by atoms with Crippen LogP contribution in [0.4, 0.5) is 0 Å². The zero-order chi connectivity index (χ0) is 51.1. The molecule has 2 saturated heterocycles. The molecule has 0 saturated carbocycles. The number of unbranched alkanes of at least 4 members (excludes halogenated alkanes) is 2. The number of aliphatic hydroxyl groups excluding tert-OH is 2. The summed E-state index contributed by atoms with van der Waals surface area (Å²) < 4.78 is 0. The highest BCUT2D eigenvalue weighted by molar-refractivity contribution is 8.76. The van der Waals surface area contributed by atoms with Crippen LogP contribution in [-0.2, 0) is 52.7 Å². The van der Waals surface area contributed by atoms with Crippen molar-refractivity contribution in [1.82, 2.24) is 42.1 Å². The first kappa shape index (κ1) is 58.8. The largest absolute Gasteiger partial charge is 0.480 e. The number of fused-ring (bicyclic) bond motifs is 1. The fraction of sp³-hybridized carbons (Fsp3) is 0.718. The van der Waals surface area contributed by atoms with Gasteiger partial charge in [-0.05, 0) is 77.8 Å². The Hall–Kier alpha value is -5.33. The molecule has 0 aromatic heterocycles. The van der Waals surface area contributed by atoms with Crippen molar-refractivity contribution in [3.05, 3.63) is 0 Å². The summed E-state index contributed by atoms with van der Waals surface area (Å²) in [6, 6.07) is -13.8. The van der Waals surface area contributed by atoms with E-state index in [4.69, 9.17) is 28.7 Å². The summed E-state index contributed by atoms with van der Waals surface area (Å²) in [6.07, 6.45) is -1.59. The van der Waals surface area contributed by atoms with E-state index >= 15 is 0 Å². The molecule has 2 fully saturated rings. The zero-order valence-corrected chi connectivity index (χ0v) is 39.4. The maximum Gasteiger partial charge on any atom is 0.327 e. The van der Waals surface area contributed by atoms with Gasteiger partial charge in [-0.25, -0.2) is 4.79 Å². The lowest BCUT2D eigenvalue weighted by atomic mass is 10.0. The van der Waals surface area contributed by atoms with E-state index in [0.29, 0.717) is 25.7 Å². The van der Waals surface area contributed by atoms with Crippen LogP contribution in [0.25, 0.3) is 0 Å². The minimum absolute atomic E-state index is 0.00937. The number of hydrogen-bond acceptors (Lipinski definition) is 18. The predicted molar refractivity (Wildman–Crippen MR) is 246 cm³/mol. The third-order valence-corrected chi connectivity index (χ3v) is 13.2. The van der Waals surface area contributed by atoms with Gasteiger partial charge in [0, 0.05) is 24.5 Å². The second-order valence-corrected chi connectivity index (χ2v) is 18.8. The van der Waals surface area contributed by atoms with Gasteiger partial charge in [-0.3, -0.25) is 47.9 Å². The predicted octanol–water partition coefficient (Wildman–Crippen LogP) is -7.05. The Morgan fingerprint density at radius 3 is 1.69 bits per heavy atom. The third kappa shape index (κ3) is 19.7. The first-order valence-electron chi connectivity index (χ1n) is 22.1. The van der Waals surface area contributed by atoms with Gasteiger partial charge in [0.1, 0.15) is 48.3 Å². The Balaban J connectivity index is 2.62. The number of hydrogen-bond donors (Lipinski definition) is 15. The molecular formula is C39H67N13O14S2. The molecule has 0 unspecified atom stereocenters. The van der Waals surface area contributed by atoms with Crippen LogP contribution in [-0.4, -0.2) is 183 Å². The fourth-order valence-electron chi connectivity index (χ4n) is 6.95. The molecule has 384 valence electrons. The number of aliphatic carboxylic acids is 1. The summed E-state index contributed by atoms with van der Waals surface area (Å²) in [5, 5.41) is 47.5. The highest BCUT2D eigenvalue weighted by atomic mass is 33.1. The molecule has 2 rings (SSSR count). The molecule has 0 aliphatic carbocycles. The highest BCUT2D eigenvalue weighted by Gasteiger charge is 2.41. The number of primary amides is 2. The van der Waals surface area contributed by atoms with Crippen molar-refractivity contribution in [2.24, 2.45) is 28.7 Å². The van der Waals surface area contributed by atoms with Crippen LogP contribution in [0.2, 0.25) is 0 Å². The second-order valence-electron chi connectivity index (χ2n) is 16.2. The number of carbonyl (C=O) groups is 11. The molecule has 29 heteroatoms. The van der Waals surface area contributed by atoms with E-state index in [1.165, 1.54) is 0 Å². The Morgan fingerprint density at radius 1 is 0.662 bits per heavy atom. The normalized spacial score (nSPS) is 27.6. The van der Waals surface area contributed by atoms with Gasteiger partial charge in [0.05, 0.1) is 25.2 Å². The van der Waals surface area contributed by atoms with Crippen molar-refractivity contribution >= 4 is 86.6 Å². The molecule has 0 radical (unpaired) electrons. The number of nitrogens with zero attached hydrogens (tertiary/aromatic N) is 1. The lowest BCUT2D eigenvalue weighted by Gasteiger charge is -2.31. The average molecular weight is 1010 g/mol. The summed E-state index contributed by atoms with van der Waals surface area (Å²) in [5.41, 5.74) is 28.2. The Kier molecular flexibility index (Phi) is 26.1. The summed E-state index contributed by atoms with van der Waals surface area (Å²) in [4.78, 5) is 146. The number of carboxylic acids is 1. The number of amides is 10. The SMILES string of the molecule is C[C@@H](O)[C@@H]1NC(=O)[C@@H]2CCCN2C(=O)[C@H](CO)NC(=O)[C@H](CC(N)=O)NC(=O)[C@H](CCCCN)NC(=O)[C@H](CCCCN)NC(=O)[C@@H](N)CSSC[C@@H](C(=O)O)NC(=O)[C@H](CCC(N)=O)NC1=O. The van der Waals surface area contributed by atoms with Crippen LogP contribution in [0.15, 0.2) is 0 Å². The lowest BCUT2D eigenvalue weighted by molar-refractivity contribution is -0.144. The van der Waals surface area contributed by atoms with Gasteiger partial charge in [0.25, 0.3) is 0 Å². The second kappa shape index (κ2) is 30.2. The number of aliphatic hydroxyl groups is 2. The van der Waals surface area contributed by atoms with E-state index < -0.39 is 151 Å². The first-order chi connectivity index (χ1) is 32.1. The standard InChI is InChI=1S/C39H67N13O14S2/c1-19(54)30-37(63)47-23(10-11-28(43)55)34(60)50-26(39(65)66)18-68-67-17-20(42)31(57)45-21(7-2-4-12-40)32(58)46-22(8-3-5-13-41)33(59)48-24(15-29(44)56)35(61)49-25(16-53)38(64)52-14-6-9-27(52)36(62)51-30/h19-27,30,53-54H,2-18,40-42H2,1H3,(H2,43,55)(H2,44,56)(H,45,57)(H,46,58)(H,47,63)(H,48,59)(H,49,61)(H,50,60)(H,51,62)(H,65,66)/t19-,20+,21+,22+,23+,24+,25+,26+,27+,30+/m1/s1. The zero-order valence-electron chi connectivity index (χ0n) is 37.8. The molecule has 0 bridgehead atoms.